The number of benzene rings is 1. The lowest BCUT2D eigenvalue weighted by Crippen LogP contribution is -2.08. The molecule has 2 aromatic rings. The van der Waals surface area contributed by atoms with Crippen LogP contribution in [0.5, 0.6) is 0 Å². The van der Waals surface area contributed by atoms with Gasteiger partial charge >= 0.3 is 11.9 Å². The van der Waals surface area contributed by atoms with E-state index in [2.05, 4.69) is 5.10 Å². The fraction of sp³-hybridized carbons (Fsp3) is 0.421. The molecule has 0 radical (unpaired) electrons. The Morgan fingerprint density at radius 3 is 2.48 bits per heavy atom. The first-order valence-electron chi connectivity index (χ1n) is 8.75. The number of aromatic carboxylic acids is 1. The van der Waals surface area contributed by atoms with Crippen molar-refractivity contribution in [3.63, 3.8) is 0 Å². The molecule has 27 heavy (non-hydrogen) atoms. The van der Waals surface area contributed by atoms with Gasteiger partial charge in [0, 0.05) is 17.5 Å². The van der Waals surface area contributed by atoms with Crippen molar-refractivity contribution in [2.45, 2.75) is 38.5 Å². The van der Waals surface area contributed by atoms with E-state index in [1.54, 1.807) is 6.92 Å². The van der Waals surface area contributed by atoms with E-state index in [0.29, 0.717) is 17.9 Å². The zero-order valence-corrected chi connectivity index (χ0v) is 14.6. The smallest absolute Gasteiger partial charge is 0.356 e. The Hall–Kier alpha value is -2.77. The van der Waals surface area contributed by atoms with Gasteiger partial charge in [0.05, 0.1) is 11.1 Å². The van der Waals surface area contributed by atoms with Gasteiger partial charge in [-0.15, -0.1) is 0 Å². The lowest BCUT2D eigenvalue weighted by molar-refractivity contribution is -0.142. The third-order valence-electron chi connectivity index (χ3n) is 5.62. The molecule has 1 aromatic heterocycles. The van der Waals surface area contributed by atoms with E-state index in [4.69, 9.17) is 5.11 Å². The first kappa shape index (κ1) is 17.6. The van der Waals surface area contributed by atoms with Crippen molar-refractivity contribution in [2.75, 3.05) is 0 Å². The van der Waals surface area contributed by atoms with Crippen LogP contribution >= 0.6 is 0 Å². The summed E-state index contributed by atoms with van der Waals surface area (Å²) in [5.74, 6) is -2.45. The zero-order valence-electron chi connectivity index (χ0n) is 14.6. The minimum atomic E-state index is -1.11. The number of carboxylic acid groups (broad SMARTS) is 2. The number of carbonyl (C=O) groups is 2. The Morgan fingerprint density at radius 2 is 1.96 bits per heavy atom. The molecular weight excluding hydrogens is 358 g/mol. The fourth-order valence-electron chi connectivity index (χ4n) is 3.53. The van der Waals surface area contributed by atoms with Crippen molar-refractivity contribution in [1.82, 2.24) is 9.78 Å². The van der Waals surface area contributed by atoms with Crippen molar-refractivity contribution in [3.05, 3.63) is 46.8 Å². The highest BCUT2D eigenvalue weighted by atomic mass is 19.1. The summed E-state index contributed by atoms with van der Waals surface area (Å²) in [7, 11) is 0. The van der Waals surface area contributed by atoms with Crippen LogP contribution in [-0.4, -0.2) is 31.9 Å². The van der Waals surface area contributed by atoms with E-state index < -0.39 is 23.6 Å². The van der Waals surface area contributed by atoms with E-state index in [-0.39, 0.29) is 22.7 Å². The predicted octanol–water partition coefficient (Wildman–Crippen LogP) is 3.38. The van der Waals surface area contributed by atoms with Crippen LogP contribution in [0.4, 0.5) is 8.78 Å². The van der Waals surface area contributed by atoms with Gasteiger partial charge in [-0.2, -0.15) is 5.10 Å². The van der Waals surface area contributed by atoms with Gasteiger partial charge in [-0.05, 0) is 50.7 Å². The molecule has 0 unspecified atom stereocenters. The van der Waals surface area contributed by atoms with Crippen molar-refractivity contribution in [1.29, 1.82) is 0 Å². The standard InChI is InChI=1S/C14H10F2N2O2.C5H8O2/c15-7-1-2-11(10(16)5-7)18-13-8-3-6(8)4-9(13)12(17-18)14(19)20;1-5(2-3-5)4(6)7/h1-2,5-6,8H,3-4H2,(H,19,20);2-3H2,1H3,(H,6,7)/t6-,8-;/m0./s1. The molecule has 0 amide bonds. The second-order valence-electron chi connectivity index (χ2n) is 7.70. The first-order valence-corrected chi connectivity index (χ1v) is 8.75. The van der Waals surface area contributed by atoms with E-state index in [1.165, 1.54) is 10.7 Å². The summed E-state index contributed by atoms with van der Waals surface area (Å²) in [6, 6.07) is 3.22. The molecule has 5 rings (SSSR count). The third-order valence-corrected chi connectivity index (χ3v) is 5.62. The summed E-state index contributed by atoms with van der Waals surface area (Å²) >= 11 is 0. The normalized spacial score (nSPS) is 22.9. The number of carboxylic acids is 2. The molecule has 2 atom stereocenters. The molecule has 0 saturated heterocycles. The molecule has 142 valence electrons. The van der Waals surface area contributed by atoms with Crippen LogP contribution in [0.3, 0.4) is 0 Å². The maximum Gasteiger partial charge on any atom is 0.356 e. The van der Waals surface area contributed by atoms with Crippen molar-refractivity contribution in [3.8, 4) is 5.69 Å². The van der Waals surface area contributed by atoms with Crippen LogP contribution in [0.1, 0.15) is 53.8 Å². The Kier molecular flexibility index (Phi) is 3.83. The predicted molar refractivity (Wildman–Crippen MR) is 90.0 cm³/mol. The highest BCUT2D eigenvalue weighted by molar-refractivity contribution is 5.88. The van der Waals surface area contributed by atoms with Crippen molar-refractivity contribution < 1.29 is 28.6 Å². The second kappa shape index (κ2) is 5.87. The average molecular weight is 376 g/mol. The Bertz CT molecular complexity index is 965. The number of rotatable bonds is 3. The summed E-state index contributed by atoms with van der Waals surface area (Å²) in [5, 5.41) is 21.5. The van der Waals surface area contributed by atoms with E-state index in [9.17, 15) is 23.5 Å². The topological polar surface area (TPSA) is 92.4 Å². The molecule has 2 fully saturated rings. The van der Waals surface area contributed by atoms with Gasteiger partial charge in [0.1, 0.15) is 11.5 Å². The molecule has 3 aliphatic carbocycles. The van der Waals surface area contributed by atoms with Crippen LogP contribution in [0.2, 0.25) is 0 Å². The Morgan fingerprint density at radius 1 is 1.26 bits per heavy atom. The molecule has 0 aliphatic heterocycles. The summed E-state index contributed by atoms with van der Waals surface area (Å²) < 4.78 is 28.2. The van der Waals surface area contributed by atoms with E-state index >= 15 is 0 Å². The quantitative estimate of drug-likeness (QED) is 0.857. The molecule has 1 aromatic carbocycles. The number of aromatic nitrogens is 2. The highest BCUT2D eigenvalue weighted by Crippen LogP contribution is 2.57. The van der Waals surface area contributed by atoms with Gasteiger partial charge in [-0.3, -0.25) is 4.79 Å². The van der Waals surface area contributed by atoms with Crippen LogP contribution in [0.25, 0.3) is 5.69 Å². The van der Waals surface area contributed by atoms with Crippen LogP contribution in [0, 0.1) is 23.0 Å². The maximum absolute atomic E-state index is 13.9. The van der Waals surface area contributed by atoms with E-state index in [0.717, 1.165) is 37.1 Å². The van der Waals surface area contributed by atoms with Gasteiger partial charge in [-0.25, -0.2) is 18.3 Å². The fourth-order valence-corrected chi connectivity index (χ4v) is 3.53. The monoisotopic (exact) mass is 376 g/mol. The number of nitrogens with zero attached hydrogens (tertiary/aromatic N) is 2. The molecule has 1 heterocycles. The Labute approximate surface area is 153 Å². The third kappa shape index (κ3) is 2.98. The molecule has 2 N–H and O–H groups in total. The Balaban J connectivity index is 0.000000218. The number of halogens is 2. The summed E-state index contributed by atoms with van der Waals surface area (Å²) in [6.07, 6.45) is 3.40. The van der Waals surface area contributed by atoms with Gasteiger partial charge in [0.25, 0.3) is 0 Å². The van der Waals surface area contributed by atoms with Gasteiger partial charge in [0.15, 0.2) is 11.5 Å². The molecule has 8 heteroatoms. The second-order valence-corrected chi connectivity index (χ2v) is 7.70. The lowest BCUT2D eigenvalue weighted by atomic mass is 10.1. The van der Waals surface area contributed by atoms with Gasteiger partial charge in [-0.1, -0.05) is 0 Å². The maximum atomic E-state index is 13.9. The van der Waals surface area contributed by atoms with Crippen LogP contribution in [-0.2, 0) is 11.2 Å². The SMILES string of the molecule is CC1(C(=O)O)CC1.O=C(O)c1nn(-c2ccc(F)cc2F)c2c1C[C@@H]1C[C@H]21. The van der Waals surface area contributed by atoms with Crippen LogP contribution in [0.15, 0.2) is 18.2 Å². The zero-order chi connectivity index (χ0) is 19.5. The minimum absolute atomic E-state index is 0.0177. The molecular formula is C19H18F2N2O4. The van der Waals surface area contributed by atoms with Gasteiger partial charge < -0.3 is 10.2 Å². The van der Waals surface area contributed by atoms with Gasteiger partial charge in [0.2, 0.25) is 0 Å². The molecule has 3 aliphatic rings. The van der Waals surface area contributed by atoms with Crippen LogP contribution < -0.4 is 0 Å². The summed E-state index contributed by atoms with van der Waals surface area (Å²) in [5.41, 5.74) is 1.22. The highest BCUT2D eigenvalue weighted by Gasteiger charge is 2.50. The molecule has 6 nitrogen and oxygen atoms in total. The largest absolute Gasteiger partial charge is 0.481 e. The first-order chi connectivity index (χ1) is 12.7. The summed E-state index contributed by atoms with van der Waals surface area (Å²) in [4.78, 5) is 21.3. The summed E-state index contributed by atoms with van der Waals surface area (Å²) in [6.45, 7) is 1.77. The number of aliphatic carboxylic acids is 1. The average Bonchev–Trinajstić information content (AvgIpc) is 3.45. The molecule has 0 spiro atoms. The minimum Gasteiger partial charge on any atom is -0.481 e. The molecule has 0 bridgehead atoms. The number of fused-ring (bicyclic) bond motifs is 3. The lowest BCUT2D eigenvalue weighted by Gasteiger charge is -2.07. The van der Waals surface area contributed by atoms with E-state index in [1.807, 2.05) is 0 Å². The number of hydrogen-bond donors (Lipinski definition) is 2. The van der Waals surface area contributed by atoms with Crippen molar-refractivity contribution >= 4 is 11.9 Å². The molecule has 2 saturated carbocycles. The van der Waals surface area contributed by atoms with Crippen molar-refractivity contribution in [2.24, 2.45) is 11.3 Å². The number of hydrogen-bond acceptors (Lipinski definition) is 3.